The van der Waals surface area contributed by atoms with Gasteiger partial charge in [-0.1, -0.05) is 12.1 Å². The van der Waals surface area contributed by atoms with Gasteiger partial charge in [-0.05, 0) is 31.0 Å². The zero-order chi connectivity index (χ0) is 14.0. The van der Waals surface area contributed by atoms with Crippen LogP contribution < -0.4 is 10.5 Å². The Kier molecular flexibility index (Phi) is 3.77. The van der Waals surface area contributed by atoms with E-state index in [2.05, 4.69) is 5.32 Å². The first-order chi connectivity index (χ1) is 8.88. The van der Waals surface area contributed by atoms with Crippen molar-refractivity contribution in [2.45, 2.75) is 24.3 Å². The normalized spacial score (nSPS) is 16.6. The number of rotatable bonds is 3. The van der Waals surface area contributed by atoms with Crippen LogP contribution in [0.5, 0.6) is 0 Å². The van der Waals surface area contributed by atoms with Gasteiger partial charge in [-0.25, -0.2) is 18.4 Å². The van der Waals surface area contributed by atoms with E-state index >= 15 is 0 Å². The number of sulfonamides is 1. The van der Waals surface area contributed by atoms with Crippen LogP contribution in [0, 0.1) is 0 Å². The second-order valence-corrected chi connectivity index (χ2v) is 6.19. The van der Waals surface area contributed by atoms with Crippen LogP contribution in [0.25, 0.3) is 0 Å². The van der Waals surface area contributed by atoms with Crippen molar-refractivity contribution >= 4 is 16.1 Å². The first-order valence-corrected chi connectivity index (χ1v) is 7.61. The lowest BCUT2D eigenvalue weighted by Crippen LogP contribution is -2.48. The molecule has 1 saturated heterocycles. The van der Waals surface area contributed by atoms with Gasteiger partial charge in [0.15, 0.2) is 0 Å². The molecule has 0 aliphatic carbocycles. The van der Waals surface area contributed by atoms with E-state index < -0.39 is 10.0 Å². The number of nitrogens with one attached hydrogen (secondary N) is 1. The fourth-order valence-electron chi connectivity index (χ4n) is 1.84. The molecule has 7 heteroatoms. The predicted octanol–water partition coefficient (Wildman–Crippen LogP) is 0.810. The molecule has 2 rings (SSSR count). The molecule has 1 aliphatic rings. The van der Waals surface area contributed by atoms with Gasteiger partial charge in [0.05, 0.1) is 10.9 Å². The third-order valence-electron chi connectivity index (χ3n) is 3.17. The SMILES string of the molecule is CC(NC(=O)N1CCC1)c1cccc(S(N)(=O)=O)c1. The van der Waals surface area contributed by atoms with Gasteiger partial charge in [-0.3, -0.25) is 0 Å². The van der Waals surface area contributed by atoms with Crippen molar-refractivity contribution in [1.29, 1.82) is 0 Å². The Balaban J connectivity index is 2.10. The van der Waals surface area contributed by atoms with E-state index in [0.717, 1.165) is 19.5 Å². The van der Waals surface area contributed by atoms with Crippen LogP contribution in [-0.2, 0) is 10.0 Å². The average molecular weight is 283 g/mol. The molecule has 0 radical (unpaired) electrons. The summed E-state index contributed by atoms with van der Waals surface area (Å²) in [5.41, 5.74) is 0.709. The standard InChI is InChI=1S/C12H17N3O3S/c1-9(14-12(16)15-6-3-7-15)10-4-2-5-11(8-10)19(13,17)18/h2,4-5,8-9H,3,6-7H2,1H3,(H,14,16)(H2,13,17,18). The summed E-state index contributed by atoms with van der Waals surface area (Å²) in [5.74, 6) is 0. The zero-order valence-electron chi connectivity index (χ0n) is 10.7. The molecule has 1 fully saturated rings. The van der Waals surface area contributed by atoms with Crippen molar-refractivity contribution < 1.29 is 13.2 Å². The number of likely N-dealkylation sites (tertiary alicyclic amines) is 1. The highest BCUT2D eigenvalue weighted by Crippen LogP contribution is 2.17. The van der Waals surface area contributed by atoms with Gasteiger partial charge < -0.3 is 10.2 Å². The van der Waals surface area contributed by atoms with Gasteiger partial charge in [0.25, 0.3) is 0 Å². The Morgan fingerprint density at radius 1 is 1.42 bits per heavy atom. The van der Waals surface area contributed by atoms with Gasteiger partial charge in [-0.2, -0.15) is 0 Å². The Labute approximate surface area is 112 Å². The van der Waals surface area contributed by atoms with Crippen molar-refractivity contribution in [1.82, 2.24) is 10.2 Å². The Morgan fingerprint density at radius 3 is 2.63 bits per heavy atom. The molecule has 0 aromatic heterocycles. The van der Waals surface area contributed by atoms with E-state index in [9.17, 15) is 13.2 Å². The second kappa shape index (κ2) is 5.18. The summed E-state index contributed by atoms with van der Waals surface area (Å²) in [7, 11) is -3.72. The van der Waals surface area contributed by atoms with Crippen molar-refractivity contribution in [3.05, 3.63) is 29.8 Å². The summed E-state index contributed by atoms with van der Waals surface area (Å²) < 4.78 is 22.6. The monoisotopic (exact) mass is 283 g/mol. The van der Waals surface area contributed by atoms with Crippen LogP contribution in [0.4, 0.5) is 4.79 Å². The van der Waals surface area contributed by atoms with E-state index in [1.54, 1.807) is 24.0 Å². The molecular formula is C12H17N3O3S. The molecule has 3 N–H and O–H groups in total. The number of hydrogen-bond acceptors (Lipinski definition) is 3. The average Bonchev–Trinajstić information content (AvgIpc) is 2.25. The highest BCUT2D eigenvalue weighted by molar-refractivity contribution is 7.89. The topological polar surface area (TPSA) is 92.5 Å². The second-order valence-electron chi connectivity index (χ2n) is 4.63. The summed E-state index contributed by atoms with van der Waals surface area (Å²) in [6.45, 7) is 3.35. The summed E-state index contributed by atoms with van der Waals surface area (Å²) in [4.78, 5) is 13.5. The van der Waals surface area contributed by atoms with Crippen LogP contribution in [0.15, 0.2) is 29.2 Å². The van der Waals surface area contributed by atoms with Gasteiger partial charge in [-0.15, -0.1) is 0 Å². The number of hydrogen-bond donors (Lipinski definition) is 2. The largest absolute Gasteiger partial charge is 0.331 e. The van der Waals surface area contributed by atoms with Crippen LogP contribution in [0.3, 0.4) is 0 Å². The lowest BCUT2D eigenvalue weighted by Gasteiger charge is -2.32. The maximum atomic E-state index is 11.8. The minimum absolute atomic E-state index is 0.0510. The summed E-state index contributed by atoms with van der Waals surface area (Å²) in [6, 6.07) is 5.89. The molecule has 6 nitrogen and oxygen atoms in total. The number of urea groups is 1. The van der Waals surface area contributed by atoms with Crippen molar-refractivity contribution in [2.24, 2.45) is 5.14 Å². The summed E-state index contributed by atoms with van der Waals surface area (Å²) in [5, 5.41) is 7.91. The number of carbonyl (C=O) groups is 1. The minimum Gasteiger partial charge on any atom is -0.331 e. The fourth-order valence-corrected chi connectivity index (χ4v) is 2.41. The number of benzene rings is 1. The van der Waals surface area contributed by atoms with Crippen molar-refractivity contribution in [3.63, 3.8) is 0 Å². The van der Waals surface area contributed by atoms with Crippen LogP contribution in [0.1, 0.15) is 24.9 Å². The third-order valence-corrected chi connectivity index (χ3v) is 4.08. The third kappa shape index (κ3) is 3.24. The van der Waals surface area contributed by atoms with Gasteiger partial charge in [0.2, 0.25) is 10.0 Å². The number of amides is 2. The van der Waals surface area contributed by atoms with Crippen LogP contribution in [0.2, 0.25) is 0 Å². The quantitative estimate of drug-likeness (QED) is 0.859. The summed E-state index contributed by atoms with van der Waals surface area (Å²) >= 11 is 0. The molecule has 104 valence electrons. The smallest absolute Gasteiger partial charge is 0.317 e. The van der Waals surface area contributed by atoms with E-state index in [0.29, 0.717) is 5.56 Å². The predicted molar refractivity (Wildman–Crippen MR) is 71.0 cm³/mol. The number of nitrogens with zero attached hydrogens (tertiary/aromatic N) is 1. The molecule has 1 unspecified atom stereocenters. The molecule has 0 saturated carbocycles. The summed E-state index contributed by atoms with van der Waals surface area (Å²) in [6.07, 6.45) is 1.03. The van der Waals surface area contributed by atoms with Gasteiger partial charge in [0.1, 0.15) is 0 Å². The molecule has 19 heavy (non-hydrogen) atoms. The fraction of sp³-hybridized carbons (Fsp3) is 0.417. The van der Waals surface area contributed by atoms with E-state index in [-0.39, 0.29) is 17.0 Å². The van der Waals surface area contributed by atoms with Crippen LogP contribution in [-0.4, -0.2) is 32.4 Å². The highest BCUT2D eigenvalue weighted by atomic mass is 32.2. The van der Waals surface area contributed by atoms with Gasteiger partial charge in [0, 0.05) is 13.1 Å². The number of primary sulfonamides is 1. The Hall–Kier alpha value is -1.60. The molecular weight excluding hydrogens is 266 g/mol. The molecule has 1 aliphatic heterocycles. The van der Waals surface area contributed by atoms with Crippen molar-refractivity contribution in [3.8, 4) is 0 Å². The Morgan fingerprint density at radius 2 is 2.11 bits per heavy atom. The highest BCUT2D eigenvalue weighted by Gasteiger charge is 2.22. The minimum atomic E-state index is -3.72. The lowest BCUT2D eigenvalue weighted by molar-refractivity contribution is 0.164. The molecule has 1 aromatic rings. The maximum Gasteiger partial charge on any atom is 0.317 e. The molecule has 1 aromatic carbocycles. The molecule has 1 atom stereocenters. The van der Waals surface area contributed by atoms with E-state index in [4.69, 9.17) is 5.14 Å². The molecule has 1 heterocycles. The van der Waals surface area contributed by atoms with E-state index in [1.807, 2.05) is 0 Å². The molecule has 0 spiro atoms. The maximum absolute atomic E-state index is 11.8. The zero-order valence-corrected chi connectivity index (χ0v) is 11.5. The van der Waals surface area contributed by atoms with Crippen LogP contribution >= 0.6 is 0 Å². The first-order valence-electron chi connectivity index (χ1n) is 6.06. The Bertz CT molecular complexity index is 582. The van der Waals surface area contributed by atoms with Crippen molar-refractivity contribution in [2.75, 3.05) is 13.1 Å². The first kappa shape index (κ1) is 13.8. The molecule has 2 amide bonds. The molecule has 0 bridgehead atoms. The van der Waals surface area contributed by atoms with E-state index in [1.165, 1.54) is 12.1 Å². The lowest BCUT2D eigenvalue weighted by atomic mass is 10.1. The van der Waals surface area contributed by atoms with Gasteiger partial charge >= 0.3 is 6.03 Å². The number of carbonyl (C=O) groups excluding carboxylic acids is 1. The number of nitrogens with two attached hydrogens (primary N) is 1.